The van der Waals surface area contributed by atoms with Gasteiger partial charge in [-0.05, 0) is 55.8 Å². The molecule has 0 saturated heterocycles. The Hall–Kier alpha value is -3.68. The van der Waals surface area contributed by atoms with Crippen molar-refractivity contribution in [1.29, 1.82) is 0 Å². The van der Waals surface area contributed by atoms with Gasteiger partial charge in [-0.1, -0.05) is 6.07 Å². The van der Waals surface area contributed by atoms with Crippen LogP contribution in [0.25, 0.3) is 10.9 Å². The number of aromatic nitrogens is 1. The number of likely N-dealkylation sites (N-methyl/N-ethyl adjacent to an activating group) is 1. The van der Waals surface area contributed by atoms with E-state index in [2.05, 4.69) is 10.6 Å². The van der Waals surface area contributed by atoms with E-state index in [9.17, 15) is 18.8 Å². The molecule has 2 heterocycles. The van der Waals surface area contributed by atoms with Crippen LogP contribution in [0, 0.1) is 5.82 Å². The molecule has 0 bridgehead atoms. The molecule has 7 nitrogen and oxygen atoms in total. The second-order valence-corrected chi connectivity index (χ2v) is 7.81. The van der Waals surface area contributed by atoms with E-state index in [0.29, 0.717) is 30.0 Å². The second-order valence-electron chi connectivity index (χ2n) is 7.81. The van der Waals surface area contributed by atoms with E-state index < -0.39 is 11.7 Å². The SMILES string of the molecule is CCN(CC)C(=O)Cn1ccc2cc(NC(=O)C3CC(=O)Nc4cc(F)ccc43)ccc21. The van der Waals surface area contributed by atoms with Crippen molar-refractivity contribution in [3.8, 4) is 0 Å². The molecule has 0 fully saturated rings. The van der Waals surface area contributed by atoms with Crippen molar-refractivity contribution in [1.82, 2.24) is 9.47 Å². The fourth-order valence-electron chi connectivity index (χ4n) is 4.14. The van der Waals surface area contributed by atoms with E-state index >= 15 is 0 Å². The fraction of sp³-hybridized carbons (Fsp3) is 0.292. The Labute approximate surface area is 185 Å². The molecule has 3 aromatic rings. The first kappa shape index (κ1) is 21.5. The highest BCUT2D eigenvalue weighted by Gasteiger charge is 2.31. The highest BCUT2D eigenvalue weighted by Crippen LogP contribution is 2.34. The fourth-order valence-corrected chi connectivity index (χ4v) is 4.14. The number of nitrogens with zero attached hydrogens (tertiary/aromatic N) is 2. The number of halogens is 1. The van der Waals surface area contributed by atoms with Gasteiger partial charge < -0.3 is 20.1 Å². The molecule has 166 valence electrons. The normalized spacial score (nSPS) is 15.2. The molecule has 2 aromatic carbocycles. The lowest BCUT2D eigenvalue weighted by Gasteiger charge is -2.25. The zero-order chi connectivity index (χ0) is 22.8. The minimum atomic E-state index is -0.702. The van der Waals surface area contributed by atoms with E-state index in [4.69, 9.17) is 0 Å². The summed E-state index contributed by atoms with van der Waals surface area (Å²) < 4.78 is 15.4. The molecule has 3 amide bonds. The Kier molecular flexibility index (Phi) is 5.94. The van der Waals surface area contributed by atoms with Crippen molar-refractivity contribution in [3.05, 3.63) is 60.0 Å². The molecular weight excluding hydrogens is 411 g/mol. The van der Waals surface area contributed by atoms with Crippen LogP contribution in [0.3, 0.4) is 0 Å². The molecule has 0 radical (unpaired) electrons. The number of hydrogen-bond donors (Lipinski definition) is 2. The van der Waals surface area contributed by atoms with E-state index in [0.717, 1.165) is 10.9 Å². The van der Waals surface area contributed by atoms with Crippen LogP contribution < -0.4 is 10.6 Å². The summed E-state index contributed by atoms with van der Waals surface area (Å²) in [6.45, 7) is 5.49. The number of nitrogens with one attached hydrogen (secondary N) is 2. The van der Waals surface area contributed by atoms with Crippen LogP contribution in [0.1, 0.15) is 31.7 Å². The number of anilines is 2. The molecule has 8 heteroatoms. The predicted octanol–water partition coefficient (Wildman–Crippen LogP) is 3.71. The largest absolute Gasteiger partial charge is 0.342 e. The van der Waals surface area contributed by atoms with Crippen molar-refractivity contribution in [2.75, 3.05) is 23.7 Å². The summed E-state index contributed by atoms with van der Waals surface area (Å²) in [6, 6.07) is 11.4. The van der Waals surface area contributed by atoms with Crippen molar-refractivity contribution >= 4 is 40.0 Å². The maximum Gasteiger partial charge on any atom is 0.242 e. The Bertz CT molecular complexity index is 1200. The quantitative estimate of drug-likeness (QED) is 0.618. The summed E-state index contributed by atoms with van der Waals surface area (Å²) in [6.07, 6.45) is 1.85. The molecular formula is C24H25FN4O3. The molecule has 0 aliphatic carbocycles. The maximum atomic E-state index is 13.5. The first-order valence-corrected chi connectivity index (χ1v) is 10.7. The van der Waals surface area contributed by atoms with Gasteiger partial charge in [0.1, 0.15) is 12.4 Å². The van der Waals surface area contributed by atoms with Gasteiger partial charge in [-0.25, -0.2) is 4.39 Å². The summed E-state index contributed by atoms with van der Waals surface area (Å²) in [5.74, 6) is -1.78. The van der Waals surface area contributed by atoms with Gasteiger partial charge in [0.25, 0.3) is 0 Å². The molecule has 1 atom stereocenters. The van der Waals surface area contributed by atoms with Gasteiger partial charge in [0.2, 0.25) is 17.7 Å². The Morgan fingerprint density at radius 3 is 2.69 bits per heavy atom. The summed E-state index contributed by atoms with van der Waals surface area (Å²) in [5, 5.41) is 6.37. The first-order chi connectivity index (χ1) is 15.4. The highest BCUT2D eigenvalue weighted by atomic mass is 19.1. The van der Waals surface area contributed by atoms with Gasteiger partial charge in [-0.3, -0.25) is 14.4 Å². The number of fused-ring (bicyclic) bond motifs is 2. The smallest absolute Gasteiger partial charge is 0.242 e. The van der Waals surface area contributed by atoms with Gasteiger partial charge in [0, 0.05) is 48.0 Å². The third kappa shape index (κ3) is 4.21. The second kappa shape index (κ2) is 8.82. The molecule has 1 aliphatic heterocycles. The Morgan fingerprint density at radius 2 is 1.94 bits per heavy atom. The van der Waals surface area contributed by atoms with E-state index in [1.54, 1.807) is 11.0 Å². The minimum absolute atomic E-state index is 0.00342. The molecule has 0 spiro atoms. The maximum absolute atomic E-state index is 13.5. The molecule has 1 aliphatic rings. The number of hydrogen-bond acceptors (Lipinski definition) is 3. The molecule has 32 heavy (non-hydrogen) atoms. The van der Waals surface area contributed by atoms with Crippen molar-refractivity contribution in [2.24, 2.45) is 0 Å². The van der Waals surface area contributed by atoms with Crippen LogP contribution in [-0.4, -0.2) is 40.3 Å². The van der Waals surface area contributed by atoms with Gasteiger partial charge in [-0.2, -0.15) is 0 Å². The number of amides is 3. The summed E-state index contributed by atoms with van der Waals surface area (Å²) >= 11 is 0. The Balaban J connectivity index is 1.52. The summed E-state index contributed by atoms with van der Waals surface area (Å²) in [5.41, 5.74) is 2.39. The van der Waals surface area contributed by atoms with Crippen LogP contribution in [0.15, 0.2) is 48.7 Å². The van der Waals surface area contributed by atoms with E-state index in [1.165, 1.54) is 18.2 Å². The van der Waals surface area contributed by atoms with Crippen molar-refractivity contribution < 1.29 is 18.8 Å². The molecule has 2 N–H and O–H groups in total. The van der Waals surface area contributed by atoms with Crippen molar-refractivity contribution in [2.45, 2.75) is 32.7 Å². The van der Waals surface area contributed by atoms with E-state index in [1.807, 2.05) is 42.8 Å². The van der Waals surface area contributed by atoms with Crippen LogP contribution in [0.2, 0.25) is 0 Å². The lowest BCUT2D eigenvalue weighted by atomic mass is 9.89. The summed E-state index contributed by atoms with van der Waals surface area (Å²) in [7, 11) is 0. The Morgan fingerprint density at radius 1 is 1.16 bits per heavy atom. The molecule has 0 saturated carbocycles. The summed E-state index contributed by atoms with van der Waals surface area (Å²) in [4.78, 5) is 39.2. The molecule has 1 unspecified atom stereocenters. The number of carbonyl (C=O) groups excluding carboxylic acids is 3. The van der Waals surface area contributed by atoms with Crippen molar-refractivity contribution in [3.63, 3.8) is 0 Å². The standard InChI is InChI=1S/C24H25FN4O3/c1-3-28(4-2)23(31)14-29-10-9-15-11-17(6-8-21(15)29)26-24(32)19-13-22(30)27-20-12-16(25)5-7-18(19)20/h5-12,19H,3-4,13-14H2,1-2H3,(H,26,32)(H,27,30). The van der Waals surface area contributed by atoms with Crippen LogP contribution in [0.4, 0.5) is 15.8 Å². The van der Waals surface area contributed by atoms with Gasteiger partial charge in [0.05, 0.1) is 5.92 Å². The monoisotopic (exact) mass is 436 g/mol. The van der Waals surface area contributed by atoms with Crippen LogP contribution in [-0.2, 0) is 20.9 Å². The van der Waals surface area contributed by atoms with E-state index in [-0.39, 0.29) is 30.7 Å². The first-order valence-electron chi connectivity index (χ1n) is 10.7. The molecule has 1 aromatic heterocycles. The van der Waals surface area contributed by atoms with Gasteiger partial charge in [0.15, 0.2) is 0 Å². The van der Waals surface area contributed by atoms with Gasteiger partial charge in [-0.15, -0.1) is 0 Å². The predicted molar refractivity (Wildman–Crippen MR) is 121 cm³/mol. The topological polar surface area (TPSA) is 83.4 Å². The van der Waals surface area contributed by atoms with Crippen LogP contribution in [0.5, 0.6) is 0 Å². The minimum Gasteiger partial charge on any atom is -0.342 e. The number of benzene rings is 2. The lowest BCUT2D eigenvalue weighted by Crippen LogP contribution is -2.33. The zero-order valence-electron chi connectivity index (χ0n) is 18.0. The third-order valence-electron chi connectivity index (χ3n) is 5.83. The average Bonchev–Trinajstić information content (AvgIpc) is 3.15. The number of rotatable bonds is 6. The third-order valence-corrected chi connectivity index (χ3v) is 5.83. The zero-order valence-corrected chi connectivity index (χ0v) is 18.0. The highest BCUT2D eigenvalue weighted by molar-refractivity contribution is 6.05. The molecule has 4 rings (SSSR count). The van der Waals surface area contributed by atoms with Gasteiger partial charge >= 0.3 is 0 Å². The number of carbonyl (C=O) groups is 3. The lowest BCUT2D eigenvalue weighted by molar-refractivity contribution is -0.131. The average molecular weight is 436 g/mol. The van der Waals surface area contributed by atoms with Crippen LogP contribution >= 0.6 is 0 Å².